The number of thioether (sulfide) groups is 1. The Labute approximate surface area is 145 Å². The van der Waals surface area contributed by atoms with Gasteiger partial charge in [-0.3, -0.25) is 9.89 Å². The number of piperidine rings is 1. The van der Waals surface area contributed by atoms with Gasteiger partial charge in [-0.15, -0.1) is 5.10 Å². The van der Waals surface area contributed by atoms with Crippen LogP contribution in [-0.4, -0.2) is 44.8 Å². The van der Waals surface area contributed by atoms with E-state index in [2.05, 4.69) is 29.0 Å². The van der Waals surface area contributed by atoms with E-state index in [0.29, 0.717) is 34.1 Å². The lowest BCUT2D eigenvalue weighted by molar-refractivity contribution is -0.130. The summed E-state index contributed by atoms with van der Waals surface area (Å²) < 4.78 is 13.8. The number of likely N-dealkylation sites (tertiary alicyclic amines) is 1. The topological polar surface area (TPSA) is 61.9 Å². The molecule has 2 unspecified atom stereocenters. The largest absolute Gasteiger partial charge is 0.341 e. The molecule has 1 N–H and O–H groups in total. The molecule has 5 nitrogen and oxygen atoms in total. The molecule has 128 valence electrons. The van der Waals surface area contributed by atoms with Crippen LogP contribution in [0.3, 0.4) is 0 Å². The molecular weight excluding hydrogens is 327 g/mol. The van der Waals surface area contributed by atoms with Crippen molar-refractivity contribution in [3.8, 4) is 11.4 Å². The quantitative estimate of drug-likeness (QED) is 0.862. The highest BCUT2D eigenvalue weighted by Gasteiger charge is 2.25. The van der Waals surface area contributed by atoms with Crippen LogP contribution in [0.25, 0.3) is 11.4 Å². The SMILES string of the molecule is CC1CC(C)CN(C(=O)CSc2n[nH]c(-c3ccccc3F)n2)C1. The predicted molar refractivity (Wildman–Crippen MR) is 92.0 cm³/mol. The first-order valence-electron chi connectivity index (χ1n) is 8.10. The number of aromatic amines is 1. The minimum Gasteiger partial charge on any atom is -0.341 e. The smallest absolute Gasteiger partial charge is 0.233 e. The molecule has 2 heterocycles. The Morgan fingerprint density at radius 2 is 2.04 bits per heavy atom. The third-order valence-electron chi connectivity index (χ3n) is 4.14. The van der Waals surface area contributed by atoms with Gasteiger partial charge in [0.15, 0.2) is 5.82 Å². The van der Waals surface area contributed by atoms with Gasteiger partial charge < -0.3 is 4.90 Å². The minimum atomic E-state index is -0.349. The Hall–Kier alpha value is -1.89. The Morgan fingerprint density at radius 1 is 1.33 bits per heavy atom. The highest BCUT2D eigenvalue weighted by Crippen LogP contribution is 2.24. The number of carbonyl (C=O) groups is 1. The van der Waals surface area contributed by atoms with Crippen molar-refractivity contribution in [3.05, 3.63) is 30.1 Å². The van der Waals surface area contributed by atoms with Gasteiger partial charge in [-0.25, -0.2) is 9.37 Å². The molecule has 2 aromatic rings. The van der Waals surface area contributed by atoms with Crippen LogP contribution >= 0.6 is 11.8 Å². The van der Waals surface area contributed by atoms with Crippen LogP contribution in [0.5, 0.6) is 0 Å². The van der Waals surface area contributed by atoms with E-state index in [9.17, 15) is 9.18 Å². The van der Waals surface area contributed by atoms with Gasteiger partial charge in [0.25, 0.3) is 0 Å². The Morgan fingerprint density at radius 3 is 2.75 bits per heavy atom. The van der Waals surface area contributed by atoms with Crippen LogP contribution in [0.1, 0.15) is 20.3 Å². The second kappa shape index (κ2) is 7.34. The lowest BCUT2D eigenvalue weighted by Gasteiger charge is -2.34. The van der Waals surface area contributed by atoms with Crippen LogP contribution in [0.4, 0.5) is 4.39 Å². The second-order valence-corrected chi connectivity index (χ2v) is 7.42. The average molecular weight is 348 g/mol. The van der Waals surface area contributed by atoms with Gasteiger partial charge in [0.2, 0.25) is 11.1 Å². The molecule has 1 saturated heterocycles. The molecule has 2 atom stereocenters. The van der Waals surface area contributed by atoms with Gasteiger partial charge in [0.05, 0.1) is 11.3 Å². The number of rotatable bonds is 4. The molecule has 0 bridgehead atoms. The van der Waals surface area contributed by atoms with Gasteiger partial charge in [0.1, 0.15) is 5.82 Å². The molecule has 7 heteroatoms. The fourth-order valence-electron chi connectivity index (χ4n) is 3.17. The zero-order valence-corrected chi connectivity index (χ0v) is 14.6. The maximum Gasteiger partial charge on any atom is 0.233 e. The molecule has 1 aromatic heterocycles. The fraction of sp³-hybridized carbons (Fsp3) is 0.471. The highest BCUT2D eigenvalue weighted by molar-refractivity contribution is 7.99. The Balaban J connectivity index is 1.59. The van der Waals surface area contributed by atoms with Crippen molar-refractivity contribution >= 4 is 17.7 Å². The molecule has 0 saturated carbocycles. The number of halogens is 1. The van der Waals surface area contributed by atoms with Crippen molar-refractivity contribution in [1.29, 1.82) is 0 Å². The maximum atomic E-state index is 13.8. The summed E-state index contributed by atoms with van der Waals surface area (Å²) in [5.74, 6) is 1.52. The number of benzene rings is 1. The summed E-state index contributed by atoms with van der Waals surface area (Å²) in [7, 11) is 0. The van der Waals surface area contributed by atoms with Gasteiger partial charge in [-0.2, -0.15) is 0 Å². The molecule has 1 aliphatic heterocycles. The van der Waals surface area contributed by atoms with Crippen molar-refractivity contribution in [2.45, 2.75) is 25.4 Å². The van der Waals surface area contributed by atoms with Crippen LogP contribution in [-0.2, 0) is 4.79 Å². The number of carbonyl (C=O) groups excluding carboxylic acids is 1. The number of aromatic nitrogens is 3. The average Bonchev–Trinajstić information content (AvgIpc) is 3.01. The van der Waals surface area contributed by atoms with Gasteiger partial charge in [0, 0.05) is 13.1 Å². The second-order valence-electron chi connectivity index (χ2n) is 6.48. The van der Waals surface area contributed by atoms with Gasteiger partial charge >= 0.3 is 0 Å². The van der Waals surface area contributed by atoms with Gasteiger partial charge in [-0.1, -0.05) is 37.7 Å². The number of H-pyrrole nitrogens is 1. The van der Waals surface area contributed by atoms with Crippen LogP contribution in [0.2, 0.25) is 0 Å². The normalized spacial score (nSPS) is 21.0. The van der Waals surface area contributed by atoms with Crippen molar-refractivity contribution < 1.29 is 9.18 Å². The number of nitrogens with one attached hydrogen (secondary N) is 1. The number of amides is 1. The van der Waals surface area contributed by atoms with Crippen molar-refractivity contribution in [1.82, 2.24) is 20.1 Å². The van der Waals surface area contributed by atoms with Gasteiger partial charge in [-0.05, 0) is 30.4 Å². The number of hydrogen-bond donors (Lipinski definition) is 1. The Kier molecular flexibility index (Phi) is 5.18. The highest BCUT2D eigenvalue weighted by atomic mass is 32.2. The molecule has 0 spiro atoms. The molecule has 3 rings (SSSR count). The van der Waals surface area contributed by atoms with Crippen molar-refractivity contribution in [3.63, 3.8) is 0 Å². The summed E-state index contributed by atoms with van der Waals surface area (Å²) >= 11 is 1.28. The molecule has 0 aliphatic carbocycles. The number of hydrogen-bond acceptors (Lipinski definition) is 4. The summed E-state index contributed by atoms with van der Waals surface area (Å²) in [4.78, 5) is 18.6. The van der Waals surface area contributed by atoms with E-state index in [1.54, 1.807) is 18.2 Å². The van der Waals surface area contributed by atoms with E-state index in [4.69, 9.17) is 0 Å². The molecule has 1 aromatic carbocycles. The van der Waals surface area contributed by atoms with E-state index in [-0.39, 0.29) is 11.7 Å². The molecular formula is C17H21FN4OS. The molecule has 0 radical (unpaired) electrons. The lowest BCUT2D eigenvalue weighted by Crippen LogP contribution is -2.43. The third kappa shape index (κ3) is 3.95. The van der Waals surface area contributed by atoms with Crippen LogP contribution in [0.15, 0.2) is 29.4 Å². The predicted octanol–water partition coefficient (Wildman–Crippen LogP) is 3.21. The minimum absolute atomic E-state index is 0.107. The van der Waals surface area contributed by atoms with E-state index < -0.39 is 0 Å². The summed E-state index contributed by atoms with van der Waals surface area (Å²) in [6, 6.07) is 6.40. The molecule has 1 fully saturated rings. The van der Waals surface area contributed by atoms with Crippen molar-refractivity contribution in [2.75, 3.05) is 18.8 Å². The molecule has 1 amide bonds. The first-order chi connectivity index (χ1) is 11.5. The van der Waals surface area contributed by atoms with E-state index in [1.807, 2.05) is 4.90 Å². The fourth-order valence-corrected chi connectivity index (χ4v) is 3.87. The van der Waals surface area contributed by atoms with E-state index in [1.165, 1.54) is 24.2 Å². The summed E-state index contributed by atoms with van der Waals surface area (Å²) in [6.45, 7) is 5.99. The first-order valence-corrected chi connectivity index (χ1v) is 9.09. The third-order valence-corrected chi connectivity index (χ3v) is 4.97. The zero-order chi connectivity index (χ0) is 17.1. The van der Waals surface area contributed by atoms with Crippen LogP contribution in [0, 0.1) is 17.7 Å². The zero-order valence-electron chi connectivity index (χ0n) is 13.8. The maximum absolute atomic E-state index is 13.8. The van der Waals surface area contributed by atoms with Crippen LogP contribution < -0.4 is 0 Å². The number of nitrogens with zero attached hydrogens (tertiary/aromatic N) is 3. The Bertz CT molecular complexity index is 710. The van der Waals surface area contributed by atoms with E-state index >= 15 is 0 Å². The lowest BCUT2D eigenvalue weighted by atomic mass is 9.92. The standard InChI is InChI=1S/C17H21FN4OS/c1-11-7-12(2)9-22(8-11)15(23)10-24-17-19-16(20-21-17)13-5-3-4-6-14(13)18/h3-6,11-12H,7-10H2,1-2H3,(H,19,20,21). The molecule has 1 aliphatic rings. The summed E-state index contributed by atoms with van der Waals surface area (Å²) in [6.07, 6.45) is 1.17. The van der Waals surface area contributed by atoms with E-state index in [0.717, 1.165) is 13.1 Å². The van der Waals surface area contributed by atoms with Crippen molar-refractivity contribution in [2.24, 2.45) is 11.8 Å². The summed E-state index contributed by atoms with van der Waals surface area (Å²) in [5.41, 5.74) is 0.377. The molecule has 24 heavy (non-hydrogen) atoms. The summed E-state index contributed by atoms with van der Waals surface area (Å²) in [5, 5.41) is 7.26. The monoisotopic (exact) mass is 348 g/mol. The first kappa shape index (κ1) is 17.0.